The van der Waals surface area contributed by atoms with Crippen molar-refractivity contribution < 1.29 is 8.78 Å². The second-order valence-electron chi connectivity index (χ2n) is 5.84. The lowest BCUT2D eigenvalue weighted by Crippen LogP contribution is -2.19. The highest BCUT2D eigenvalue weighted by atomic mass is 19.1. The van der Waals surface area contributed by atoms with E-state index in [1.54, 1.807) is 6.07 Å². The molecular weight excluding hydrogens is 298 g/mol. The number of hydrogen-bond donors (Lipinski definition) is 2. The monoisotopic (exact) mass is 318 g/mol. The van der Waals surface area contributed by atoms with Gasteiger partial charge in [0.1, 0.15) is 35.3 Å². The number of halogens is 2. The topological polar surface area (TPSA) is 49.8 Å². The minimum atomic E-state index is -0.651. The summed E-state index contributed by atoms with van der Waals surface area (Å²) in [5.74, 6) is -0.268. The SMILES string of the molecule is Fc1cccc(F)c1Nc1cc(NC2CCCCCC2)ncn1. The molecule has 1 aromatic carbocycles. The third kappa shape index (κ3) is 4.15. The van der Waals surface area contributed by atoms with Gasteiger partial charge >= 0.3 is 0 Å². The van der Waals surface area contributed by atoms with Crippen LogP contribution in [0.25, 0.3) is 0 Å². The van der Waals surface area contributed by atoms with Gasteiger partial charge in [-0.15, -0.1) is 0 Å². The van der Waals surface area contributed by atoms with Crippen molar-refractivity contribution in [1.29, 1.82) is 0 Å². The predicted molar refractivity (Wildman–Crippen MR) is 86.8 cm³/mol. The predicted octanol–water partition coefficient (Wildman–Crippen LogP) is 4.63. The van der Waals surface area contributed by atoms with Crippen molar-refractivity contribution in [3.05, 3.63) is 42.2 Å². The average molecular weight is 318 g/mol. The molecule has 2 N–H and O–H groups in total. The van der Waals surface area contributed by atoms with E-state index in [0.717, 1.165) is 12.8 Å². The van der Waals surface area contributed by atoms with Gasteiger partial charge in [-0.25, -0.2) is 18.7 Å². The molecule has 23 heavy (non-hydrogen) atoms. The zero-order chi connectivity index (χ0) is 16.1. The van der Waals surface area contributed by atoms with Crippen LogP contribution in [0, 0.1) is 11.6 Å². The molecule has 0 spiro atoms. The van der Waals surface area contributed by atoms with E-state index in [9.17, 15) is 8.78 Å². The molecule has 1 fully saturated rings. The van der Waals surface area contributed by atoms with Gasteiger partial charge in [0.25, 0.3) is 0 Å². The van der Waals surface area contributed by atoms with Gasteiger partial charge in [0, 0.05) is 12.1 Å². The van der Waals surface area contributed by atoms with Crippen molar-refractivity contribution in [3.8, 4) is 0 Å². The molecule has 1 aliphatic carbocycles. The van der Waals surface area contributed by atoms with E-state index >= 15 is 0 Å². The number of rotatable bonds is 4. The Hall–Kier alpha value is -2.24. The molecule has 6 heteroatoms. The van der Waals surface area contributed by atoms with E-state index in [1.807, 2.05) is 0 Å². The Kier molecular flexibility index (Phi) is 5.00. The summed E-state index contributed by atoms with van der Waals surface area (Å²) >= 11 is 0. The Morgan fingerprint density at radius 2 is 1.57 bits per heavy atom. The number of aromatic nitrogens is 2. The molecule has 122 valence electrons. The molecule has 1 heterocycles. The fourth-order valence-corrected chi connectivity index (χ4v) is 2.88. The fraction of sp³-hybridized carbons (Fsp3) is 0.412. The van der Waals surface area contributed by atoms with Gasteiger partial charge in [-0.05, 0) is 25.0 Å². The second kappa shape index (κ2) is 7.35. The zero-order valence-corrected chi connectivity index (χ0v) is 12.9. The first kappa shape index (κ1) is 15.6. The maximum Gasteiger partial charge on any atom is 0.149 e. The molecule has 0 saturated heterocycles. The maximum atomic E-state index is 13.7. The van der Waals surface area contributed by atoms with Gasteiger partial charge in [0.2, 0.25) is 0 Å². The second-order valence-corrected chi connectivity index (χ2v) is 5.84. The van der Waals surface area contributed by atoms with Gasteiger partial charge in [-0.3, -0.25) is 0 Å². The molecule has 0 aliphatic heterocycles. The first-order valence-corrected chi connectivity index (χ1v) is 8.02. The number of benzene rings is 1. The highest BCUT2D eigenvalue weighted by Gasteiger charge is 2.13. The molecule has 2 aromatic rings. The molecule has 4 nitrogen and oxygen atoms in total. The Labute approximate surface area is 134 Å². The van der Waals surface area contributed by atoms with Crippen LogP contribution in [-0.4, -0.2) is 16.0 Å². The van der Waals surface area contributed by atoms with Crippen LogP contribution in [-0.2, 0) is 0 Å². The van der Waals surface area contributed by atoms with Gasteiger partial charge in [0.05, 0.1) is 0 Å². The average Bonchev–Trinajstić information content (AvgIpc) is 2.80. The van der Waals surface area contributed by atoms with Crippen LogP contribution in [0.4, 0.5) is 26.1 Å². The lowest BCUT2D eigenvalue weighted by atomic mass is 10.1. The van der Waals surface area contributed by atoms with E-state index in [1.165, 1.54) is 50.2 Å². The van der Waals surface area contributed by atoms with Crippen molar-refractivity contribution in [2.24, 2.45) is 0 Å². The third-order valence-electron chi connectivity index (χ3n) is 4.09. The molecule has 3 rings (SSSR count). The largest absolute Gasteiger partial charge is 0.367 e. The smallest absolute Gasteiger partial charge is 0.149 e. The normalized spacial score (nSPS) is 15.9. The van der Waals surface area contributed by atoms with Crippen molar-refractivity contribution in [2.45, 2.75) is 44.6 Å². The minimum Gasteiger partial charge on any atom is -0.367 e. The first-order chi connectivity index (χ1) is 11.2. The van der Waals surface area contributed by atoms with Crippen molar-refractivity contribution >= 4 is 17.3 Å². The lowest BCUT2D eigenvalue weighted by molar-refractivity contribution is 0.590. The summed E-state index contributed by atoms with van der Waals surface area (Å²) in [6, 6.07) is 5.81. The number of hydrogen-bond acceptors (Lipinski definition) is 4. The molecule has 1 aromatic heterocycles. The van der Waals surface area contributed by atoms with Crippen molar-refractivity contribution in [3.63, 3.8) is 0 Å². The van der Waals surface area contributed by atoms with Gasteiger partial charge in [-0.1, -0.05) is 31.7 Å². The van der Waals surface area contributed by atoms with Gasteiger partial charge in [0.15, 0.2) is 0 Å². The zero-order valence-electron chi connectivity index (χ0n) is 12.9. The molecule has 0 atom stereocenters. The Balaban J connectivity index is 1.72. The van der Waals surface area contributed by atoms with Gasteiger partial charge in [-0.2, -0.15) is 0 Å². The summed E-state index contributed by atoms with van der Waals surface area (Å²) in [6.45, 7) is 0. The van der Waals surface area contributed by atoms with E-state index in [0.29, 0.717) is 17.7 Å². The number of anilines is 3. The van der Waals surface area contributed by atoms with E-state index < -0.39 is 11.6 Å². The summed E-state index contributed by atoms with van der Waals surface area (Å²) < 4.78 is 27.4. The van der Waals surface area contributed by atoms with Crippen molar-refractivity contribution in [2.75, 3.05) is 10.6 Å². The van der Waals surface area contributed by atoms with E-state index in [2.05, 4.69) is 20.6 Å². The van der Waals surface area contributed by atoms with Crippen LogP contribution in [0.3, 0.4) is 0 Å². The molecule has 0 amide bonds. The van der Waals surface area contributed by atoms with E-state index in [-0.39, 0.29) is 5.69 Å². The van der Waals surface area contributed by atoms with E-state index in [4.69, 9.17) is 0 Å². The van der Waals surface area contributed by atoms with Gasteiger partial charge < -0.3 is 10.6 Å². The Morgan fingerprint density at radius 3 is 2.26 bits per heavy atom. The molecule has 1 aliphatic rings. The summed E-state index contributed by atoms with van der Waals surface area (Å²) in [5.41, 5.74) is -0.202. The van der Waals surface area contributed by atoms with Crippen LogP contribution in [0.2, 0.25) is 0 Å². The first-order valence-electron chi connectivity index (χ1n) is 8.02. The summed E-state index contributed by atoms with van der Waals surface area (Å²) in [4.78, 5) is 8.23. The number of nitrogens with zero attached hydrogens (tertiary/aromatic N) is 2. The molecule has 0 bridgehead atoms. The van der Waals surface area contributed by atoms with Crippen LogP contribution in [0.15, 0.2) is 30.6 Å². The number of nitrogens with one attached hydrogen (secondary N) is 2. The highest BCUT2D eigenvalue weighted by molar-refractivity contribution is 5.60. The minimum absolute atomic E-state index is 0.202. The van der Waals surface area contributed by atoms with Crippen LogP contribution in [0.5, 0.6) is 0 Å². The van der Waals surface area contributed by atoms with Crippen LogP contribution >= 0.6 is 0 Å². The summed E-state index contributed by atoms with van der Waals surface area (Å²) in [5, 5.41) is 6.09. The van der Waals surface area contributed by atoms with Crippen LogP contribution < -0.4 is 10.6 Å². The molecule has 0 radical (unpaired) electrons. The highest BCUT2D eigenvalue weighted by Crippen LogP contribution is 2.24. The standard InChI is InChI=1S/C17H20F2N4/c18-13-8-5-9-14(19)17(13)23-16-10-15(20-11-21-16)22-12-6-3-1-2-4-7-12/h5,8-12H,1-4,6-7H2,(H2,20,21,22,23). The van der Waals surface area contributed by atoms with Crippen molar-refractivity contribution in [1.82, 2.24) is 9.97 Å². The molecule has 0 unspecified atom stereocenters. The quantitative estimate of drug-likeness (QED) is 0.807. The van der Waals surface area contributed by atoms with Crippen LogP contribution in [0.1, 0.15) is 38.5 Å². The Bertz CT molecular complexity index is 635. The molecular formula is C17H20F2N4. The Morgan fingerprint density at radius 1 is 0.913 bits per heavy atom. The fourth-order valence-electron chi connectivity index (χ4n) is 2.88. The number of para-hydroxylation sites is 1. The maximum absolute atomic E-state index is 13.7. The summed E-state index contributed by atoms with van der Waals surface area (Å²) in [7, 11) is 0. The molecule has 1 saturated carbocycles. The third-order valence-corrected chi connectivity index (χ3v) is 4.09. The lowest BCUT2D eigenvalue weighted by Gasteiger charge is -2.17. The summed E-state index contributed by atoms with van der Waals surface area (Å²) in [6.07, 6.45) is 8.62.